The van der Waals surface area contributed by atoms with Crippen molar-refractivity contribution in [1.29, 1.82) is 0 Å². The normalized spacial score (nSPS) is 24.3. The van der Waals surface area contributed by atoms with Crippen LogP contribution >= 0.6 is 0 Å². The number of rotatable bonds is 4. The first-order valence-corrected chi connectivity index (χ1v) is 9.50. The highest BCUT2D eigenvalue weighted by atomic mass is 16.6. The number of carbonyl (C=O) groups is 1. The Kier molecular flexibility index (Phi) is 4.93. The molecular formula is C22H26N2O2. The molecule has 2 aromatic rings. The second kappa shape index (κ2) is 7.50. The molecule has 1 amide bonds. The molecule has 0 saturated carbocycles. The molecule has 3 aliphatic rings. The van der Waals surface area contributed by atoms with Crippen molar-refractivity contribution >= 4 is 11.8 Å². The molecule has 2 aromatic carbocycles. The van der Waals surface area contributed by atoms with Gasteiger partial charge in [-0.05, 0) is 62.0 Å². The van der Waals surface area contributed by atoms with E-state index in [1.165, 1.54) is 0 Å². The van der Waals surface area contributed by atoms with E-state index in [2.05, 4.69) is 4.90 Å². The molecule has 4 nitrogen and oxygen atoms in total. The molecule has 0 spiro atoms. The lowest BCUT2D eigenvalue weighted by molar-refractivity contribution is -0.0311. The van der Waals surface area contributed by atoms with Crippen LogP contribution in [0, 0.1) is 12.8 Å². The number of nitrogens with zero attached hydrogens (tertiary/aromatic N) is 2. The number of hydrogen-bond acceptors (Lipinski definition) is 3. The monoisotopic (exact) mass is 350 g/mol. The van der Waals surface area contributed by atoms with E-state index in [4.69, 9.17) is 4.74 Å². The van der Waals surface area contributed by atoms with Crippen LogP contribution in [0.4, 0.5) is 10.5 Å². The molecule has 0 unspecified atom stereocenters. The third-order valence-corrected chi connectivity index (χ3v) is 5.57. The minimum atomic E-state index is -0.238. The van der Waals surface area contributed by atoms with Crippen molar-refractivity contribution in [3.63, 3.8) is 0 Å². The first-order chi connectivity index (χ1) is 12.7. The van der Waals surface area contributed by atoms with Crippen molar-refractivity contribution in [1.82, 2.24) is 4.90 Å². The van der Waals surface area contributed by atoms with Gasteiger partial charge in [-0.3, -0.25) is 9.80 Å². The summed E-state index contributed by atoms with van der Waals surface area (Å²) in [6, 6.07) is 18.1. The van der Waals surface area contributed by atoms with E-state index in [0.29, 0.717) is 12.5 Å². The van der Waals surface area contributed by atoms with E-state index in [9.17, 15) is 4.79 Å². The largest absolute Gasteiger partial charge is 0.444 e. The van der Waals surface area contributed by atoms with Crippen LogP contribution in [0.25, 0.3) is 0 Å². The molecule has 3 heterocycles. The summed E-state index contributed by atoms with van der Waals surface area (Å²) < 4.78 is 6.00. The van der Waals surface area contributed by atoms with Gasteiger partial charge in [0.15, 0.2) is 0 Å². The van der Waals surface area contributed by atoms with Crippen LogP contribution in [0.2, 0.25) is 0 Å². The Bertz CT molecular complexity index is 754. The highest BCUT2D eigenvalue weighted by molar-refractivity contribution is 5.87. The Labute approximate surface area is 155 Å². The Morgan fingerprint density at radius 1 is 1.12 bits per heavy atom. The number of hydrogen-bond donors (Lipinski definition) is 0. The third-order valence-electron chi connectivity index (χ3n) is 5.57. The summed E-state index contributed by atoms with van der Waals surface area (Å²) in [5, 5.41) is 0. The summed E-state index contributed by atoms with van der Waals surface area (Å²) in [4.78, 5) is 17.3. The van der Waals surface area contributed by atoms with Gasteiger partial charge in [0.2, 0.25) is 0 Å². The first-order valence-electron chi connectivity index (χ1n) is 9.50. The van der Waals surface area contributed by atoms with E-state index in [1.54, 1.807) is 4.90 Å². The van der Waals surface area contributed by atoms with Crippen molar-refractivity contribution in [2.45, 2.75) is 32.4 Å². The summed E-state index contributed by atoms with van der Waals surface area (Å²) in [6.07, 6.45) is 2.06. The average molecular weight is 350 g/mol. The summed E-state index contributed by atoms with van der Waals surface area (Å²) in [7, 11) is 0. The van der Waals surface area contributed by atoms with Gasteiger partial charge in [0.25, 0.3) is 0 Å². The molecule has 5 rings (SSSR count). The minimum Gasteiger partial charge on any atom is -0.444 e. The fraction of sp³-hybridized carbons (Fsp3) is 0.409. The second-order valence-electron chi connectivity index (χ2n) is 7.47. The maximum absolute atomic E-state index is 13.1. The molecule has 4 heteroatoms. The van der Waals surface area contributed by atoms with Crippen LogP contribution in [0.15, 0.2) is 54.6 Å². The van der Waals surface area contributed by atoms with Crippen LogP contribution in [-0.2, 0) is 11.3 Å². The van der Waals surface area contributed by atoms with Gasteiger partial charge < -0.3 is 4.74 Å². The van der Waals surface area contributed by atoms with E-state index < -0.39 is 0 Å². The van der Waals surface area contributed by atoms with Gasteiger partial charge in [-0.25, -0.2) is 4.79 Å². The Morgan fingerprint density at radius 2 is 1.88 bits per heavy atom. The minimum absolute atomic E-state index is 0.0214. The standard InChI is InChI=1S/C22H26N2O2/c1-17-6-5-9-20(14-17)24(15-18-7-3-2-4-8-18)22(25)26-21-16-23-12-10-19(21)11-13-23/h2-9,14,19,21H,10-13,15-16H2,1H3/t21-/m0/s1. The van der Waals surface area contributed by atoms with E-state index in [1.807, 2.05) is 61.5 Å². The van der Waals surface area contributed by atoms with E-state index in [0.717, 1.165) is 49.3 Å². The van der Waals surface area contributed by atoms with Gasteiger partial charge in [-0.15, -0.1) is 0 Å². The number of fused-ring (bicyclic) bond motifs is 3. The molecule has 3 fully saturated rings. The van der Waals surface area contributed by atoms with Gasteiger partial charge in [0.05, 0.1) is 6.54 Å². The number of benzene rings is 2. The van der Waals surface area contributed by atoms with Crippen LogP contribution in [-0.4, -0.2) is 36.7 Å². The van der Waals surface area contributed by atoms with Crippen LogP contribution in [0.3, 0.4) is 0 Å². The lowest BCUT2D eigenvalue weighted by Crippen LogP contribution is -2.53. The Balaban J connectivity index is 1.54. The lowest BCUT2D eigenvalue weighted by Gasteiger charge is -2.44. The van der Waals surface area contributed by atoms with Crippen LogP contribution < -0.4 is 4.90 Å². The maximum atomic E-state index is 13.1. The highest BCUT2D eigenvalue weighted by Gasteiger charge is 2.37. The fourth-order valence-corrected chi connectivity index (χ4v) is 4.06. The van der Waals surface area contributed by atoms with Gasteiger partial charge in [-0.1, -0.05) is 42.5 Å². The van der Waals surface area contributed by atoms with Crippen LogP contribution in [0.5, 0.6) is 0 Å². The molecule has 3 saturated heterocycles. The van der Waals surface area contributed by atoms with Crippen molar-refractivity contribution < 1.29 is 9.53 Å². The molecule has 0 N–H and O–H groups in total. The molecule has 0 radical (unpaired) electrons. The van der Waals surface area contributed by atoms with Crippen molar-refractivity contribution in [2.24, 2.45) is 5.92 Å². The molecule has 2 bridgehead atoms. The van der Waals surface area contributed by atoms with Gasteiger partial charge in [-0.2, -0.15) is 0 Å². The van der Waals surface area contributed by atoms with E-state index in [-0.39, 0.29) is 12.2 Å². The first kappa shape index (κ1) is 17.1. The van der Waals surface area contributed by atoms with Gasteiger partial charge in [0.1, 0.15) is 6.10 Å². The average Bonchev–Trinajstić information content (AvgIpc) is 2.68. The van der Waals surface area contributed by atoms with Gasteiger partial charge in [0, 0.05) is 12.2 Å². The van der Waals surface area contributed by atoms with Crippen molar-refractivity contribution in [3.8, 4) is 0 Å². The lowest BCUT2D eigenvalue weighted by atomic mass is 9.86. The van der Waals surface area contributed by atoms with E-state index >= 15 is 0 Å². The third kappa shape index (κ3) is 3.75. The maximum Gasteiger partial charge on any atom is 0.414 e. The quantitative estimate of drug-likeness (QED) is 0.827. The number of aryl methyl sites for hydroxylation is 1. The zero-order valence-corrected chi connectivity index (χ0v) is 15.3. The summed E-state index contributed by atoms with van der Waals surface area (Å²) in [5.41, 5.74) is 3.12. The van der Waals surface area contributed by atoms with Crippen LogP contribution in [0.1, 0.15) is 24.0 Å². The molecule has 1 atom stereocenters. The second-order valence-corrected chi connectivity index (χ2v) is 7.47. The number of anilines is 1. The number of piperidine rings is 3. The topological polar surface area (TPSA) is 32.8 Å². The van der Waals surface area contributed by atoms with Crippen molar-refractivity contribution in [2.75, 3.05) is 24.5 Å². The SMILES string of the molecule is Cc1cccc(N(Cc2ccccc2)C(=O)O[C@H]2CN3CCC2CC3)c1. The predicted molar refractivity (Wildman–Crippen MR) is 103 cm³/mol. The smallest absolute Gasteiger partial charge is 0.414 e. The molecule has 136 valence electrons. The number of carbonyl (C=O) groups excluding carboxylic acids is 1. The predicted octanol–water partition coefficient (Wildman–Crippen LogP) is 4.23. The fourth-order valence-electron chi connectivity index (χ4n) is 4.06. The summed E-state index contributed by atoms with van der Waals surface area (Å²) in [5.74, 6) is 0.514. The Morgan fingerprint density at radius 3 is 2.54 bits per heavy atom. The molecule has 3 aliphatic heterocycles. The molecule has 0 aliphatic carbocycles. The zero-order valence-electron chi connectivity index (χ0n) is 15.3. The molecular weight excluding hydrogens is 324 g/mol. The van der Waals surface area contributed by atoms with Gasteiger partial charge >= 0.3 is 6.09 Å². The number of amides is 1. The Hall–Kier alpha value is -2.33. The molecule has 26 heavy (non-hydrogen) atoms. The van der Waals surface area contributed by atoms with Crippen molar-refractivity contribution in [3.05, 3.63) is 65.7 Å². The highest BCUT2D eigenvalue weighted by Crippen LogP contribution is 2.30. The summed E-state index contributed by atoms with van der Waals surface area (Å²) >= 11 is 0. The zero-order chi connectivity index (χ0) is 17.9. The number of ether oxygens (including phenoxy) is 1. The summed E-state index contributed by atoms with van der Waals surface area (Å²) in [6.45, 7) is 5.73. The molecule has 0 aromatic heterocycles.